The fraction of sp³-hybridized carbons (Fsp3) is 0.364. The van der Waals surface area contributed by atoms with Gasteiger partial charge in [0, 0.05) is 12.8 Å². The van der Waals surface area contributed by atoms with Crippen molar-refractivity contribution in [3.63, 3.8) is 0 Å². The molecule has 0 heterocycles. The molecule has 14 heavy (non-hydrogen) atoms. The quantitative estimate of drug-likeness (QED) is 0.727. The van der Waals surface area contributed by atoms with E-state index in [0.717, 1.165) is 24.6 Å². The number of benzene rings is 1. The Hall–Kier alpha value is -1.25. The summed E-state index contributed by atoms with van der Waals surface area (Å²) < 4.78 is 25.8. The van der Waals surface area contributed by atoms with E-state index in [4.69, 9.17) is 0 Å². The molecule has 0 aromatic heterocycles. The molecule has 1 rings (SSSR count). The minimum Gasteiger partial charge on any atom is -0.299 e. The van der Waals surface area contributed by atoms with Crippen molar-refractivity contribution < 1.29 is 13.6 Å². The van der Waals surface area contributed by atoms with Crippen molar-refractivity contribution in [3.8, 4) is 0 Å². The number of rotatable bonds is 4. The second kappa shape index (κ2) is 4.84. The molecule has 0 bridgehead atoms. The molecule has 0 aliphatic rings. The van der Waals surface area contributed by atoms with Crippen LogP contribution in [0, 0.1) is 11.6 Å². The lowest BCUT2D eigenvalue weighted by Crippen LogP contribution is -2.04. The number of hydrogen-bond acceptors (Lipinski definition) is 1. The largest absolute Gasteiger partial charge is 0.299 e. The van der Waals surface area contributed by atoms with Crippen LogP contribution in [-0.4, -0.2) is 5.78 Å². The molecule has 1 aromatic carbocycles. The van der Waals surface area contributed by atoms with E-state index in [0.29, 0.717) is 6.42 Å². The Morgan fingerprint density at radius 1 is 1.36 bits per heavy atom. The lowest BCUT2D eigenvalue weighted by Gasteiger charge is -2.01. The lowest BCUT2D eigenvalue weighted by atomic mass is 10.1. The summed E-state index contributed by atoms with van der Waals surface area (Å²) in [5, 5.41) is 0. The second-order valence-corrected chi connectivity index (χ2v) is 3.20. The van der Waals surface area contributed by atoms with Gasteiger partial charge < -0.3 is 0 Å². The maximum atomic E-state index is 13.1. The number of carbonyl (C=O) groups is 1. The van der Waals surface area contributed by atoms with Crippen molar-refractivity contribution in [2.45, 2.75) is 26.2 Å². The summed E-state index contributed by atoms with van der Waals surface area (Å²) >= 11 is 0. The third-order valence-electron chi connectivity index (χ3n) is 1.92. The van der Waals surface area contributed by atoms with Crippen LogP contribution in [0.2, 0.25) is 0 Å². The summed E-state index contributed by atoms with van der Waals surface area (Å²) in [6.07, 6.45) is 1.13. The average molecular weight is 198 g/mol. The molecule has 0 atom stereocenters. The van der Waals surface area contributed by atoms with Crippen LogP contribution < -0.4 is 0 Å². The van der Waals surface area contributed by atoms with Crippen molar-refractivity contribution in [1.29, 1.82) is 0 Å². The number of Topliss-reactive ketones (excluding diaryl/α,β-unsaturated/α-hetero) is 1. The van der Waals surface area contributed by atoms with Gasteiger partial charge in [-0.1, -0.05) is 6.92 Å². The molecule has 0 aliphatic heterocycles. The molecule has 0 aliphatic carbocycles. The zero-order valence-corrected chi connectivity index (χ0v) is 8.02. The van der Waals surface area contributed by atoms with Gasteiger partial charge in [0.05, 0.1) is 0 Å². The molecule has 0 saturated heterocycles. The van der Waals surface area contributed by atoms with Crippen molar-refractivity contribution in [2.24, 2.45) is 0 Å². The highest BCUT2D eigenvalue weighted by Gasteiger charge is 2.08. The first-order valence-corrected chi connectivity index (χ1v) is 4.59. The van der Waals surface area contributed by atoms with E-state index in [2.05, 4.69) is 0 Å². The van der Waals surface area contributed by atoms with Gasteiger partial charge in [-0.2, -0.15) is 0 Å². The Morgan fingerprint density at radius 2 is 2.07 bits per heavy atom. The van der Waals surface area contributed by atoms with Crippen LogP contribution >= 0.6 is 0 Å². The smallest absolute Gasteiger partial charge is 0.137 e. The minimum absolute atomic E-state index is 0.0164. The van der Waals surface area contributed by atoms with Gasteiger partial charge in [0.2, 0.25) is 0 Å². The van der Waals surface area contributed by atoms with Gasteiger partial charge in [0.1, 0.15) is 17.4 Å². The lowest BCUT2D eigenvalue weighted by molar-refractivity contribution is -0.118. The Bertz CT molecular complexity index is 334. The summed E-state index contributed by atoms with van der Waals surface area (Å²) in [5.41, 5.74) is 0.142. The molecule has 0 amide bonds. The van der Waals surface area contributed by atoms with Crippen LogP contribution in [0.5, 0.6) is 0 Å². The Kier molecular flexibility index (Phi) is 3.74. The first-order valence-electron chi connectivity index (χ1n) is 4.59. The summed E-state index contributed by atoms with van der Waals surface area (Å²) in [6.45, 7) is 1.87. The van der Waals surface area contributed by atoms with Gasteiger partial charge in [0.15, 0.2) is 0 Å². The standard InChI is InChI=1S/C11H12F2O/c1-2-3-10(14)7-8-6-9(12)4-5-11(8)13/h4-6H,2-3,7H2,1H3. The van der Waals surface area contributed by atoms with Crippen LogP contribution in [-0.2, 0) is 11.2 Å². The molecule has 0 radical (unpaired) electrons. The summed E-state index contributed by atoms with van der Waals surface area (Å²) in [4.78, 5) is 11.2. The van der Waals surface area contributed by atoms with Gasteiger partial charge in [-0.15, -0.1) is 0 Å². The maximum Gasteiger partial charge on any atom is 0.137 e. The van der Waals surface area contributed by atoms with Crippen LogP contribution in [0.1, 0.15) is 25.3 Å². The van der Waals surface area contributed by atoms with E-state index in [-0.39, 0.29) is 17.8 Å². The molecule has 0 spiro atoms. The molecule has 0 saturated carbocycles. The SMILES string of the molecule is CCCC(=O)Cc1cc(F)ccc1F. The van der Waals surface area contributed by atoms with Crippen molar-refractivity contribution in [3.05, 3.63) is 35.4 Å². The predicted molar refractivity (Wildman–Crippen MR) is 50.0 cm³/mol. The molecule has 76 valence electrons. The van der Waals surface area contributed by atoms with Gasteiger partial charge in [-0.25, -0.2) is 8.78 Å². The topological polar surface area (TPSA) is 17.1 Å². The first kappa shape index (κ1) is 10.8. The van der Waals surface area contributed by atoms with E-state index in [1.807, 2.05) is 6.92 Å². The fourth-order valence-corrected chi connectivity index (χ4v) is 1.26. The molecule has 3 heteroatoms. The van der Waals surface area contributed by atoms with Crippen LogP contribution in [0.25, 0.3) is 0 Å². The van der Waals surface area contributed by atoms with Gasteiger partial charge >= 0.3 is 0 Å². The number of hydrogen-bond donors (Lipinski definition) is 0. The van der Waals surface area contributed by atoms with Crippen LogP contribution in [0.3, 0.4) is 0 Å². The Morgan fingerprint density at radius 3 is 2.71 bits per heavy atom. The van der Waals surface area contributed by atoms with Gasteiger partial charge in [-0.3, -0.25) is 4.79 Å². The average Bonchev–Trinajstić information content (AvgIpc) is 2.12. The van der Waals surface area contributed by atoms with Crippen molar-refractivity contribution >= 4 is 5.78 Å². The Balaban J connectivity index is 2.75. The van der Waals surface area contributed by atoms with Crippen LogP contribution in [0.4, 0.5) is 8.78 Å². The second-order valence-electron chi connectivity index (χ2n) is 3.20. The van der Waals surface area contributed by atoms with E-state index >= 15 is 0 Å². The third kappa shape index (κ3) is 2.91. The molecular formula is C11H12F2O. The normalized spacial score (nSPS) is 10.2. The van der Waals surface area contributed by atoms with Crippen molar-refractivity contribution in [2.75, 3.05) is 0 Å². The van der Waals surface area contributed by atoms with Crippen molar-refractivity contribution in [1.82, 2.24) is 0 Å². The van der Waals surface area contributed by atoms with E-state index in [1.54, 1.807) is 0 Å². The molecule has 0 unspecified atom stereocenters. The molecule has 1 nitrogen and oxygen atoms in total. The minimum atomic E-state index is -0.518. The predicted octanol–water partition coefficient (Wildman–Crippen LogP) is 2.88. The zero-order chi connectivity index (χ0) is 10.6. The molecular weight excluding hydrogens is 186 g/mol. The fourth-order valence-electron chi connectivity index (χ4n) is 1.26. The van der Waals surface area contributed by atoms with Crippen LogP contribution in [0.15, 0.2) is 18.2 Å². The summed E-state index contributed by atoms with van der Waals surface area (Å²) in [7, 11) is 0. The van der Waals surface area contributed by atoms with E-state index < -0.39 is 11.6 Å². The zero-order valence-electron chi connectivity index (χ0n) is 8.02. The number of ketones is 1. The van der Waals surface area contributed by atoms with E-state index in [9.17, 15) is 13.6 Å². The Labute approximate surface area is 81.7 Å². The highest BCUT2D eigenvalue weighted by atomic mass is 19.1. The summed E-state index contributed by atoms with van der Waals surface area (Å²) in [6, 6.07) is 3.16. The highest BCUT2D eigenvalue weighted by Crippen LogP contribution is 2.11. The monoisotopic (exact) mass is 198 g/mol. The van der Waals surface area contributed by atoms with Gasteiger partial charge in [0.25, 0.3) is 0 Å². The molecule has 1 aromatic rings. The number of carbonyl (C=O) groups excluding carboxylic acids is 1. The molecule has 0 N–H and O–H groups in total. The maximum absolute atomic E-state index is 13.1. The number of halogens is 2. The first-order chi connectivity index (χ1) is 6.63. The summed E-state index contributed by atoms with van der Waals surface area (Å²) in [5.74, 6) is -1.08. The molecule has 0 fully saturated rings. The van der Waals surface area contributed by atoms with E-state index in [1.165, 1.54) is 0 Å². The van der Waals surface area contributed by atoms with Gasteiger partial charge in [-0.05, 0) is 30.2 Å². The highest BCUT2D eigenvalue weighted by molar-refractivity contribution is 5.80. The third-order valence-corrected chi connectivity index (χ3v) is 1.92.